The Kier molecular flexibility index (Phi) is 7.76. The predicted octanol–water partition coefficient (Wildman–Crippen LogP) is 5.64. The van der Waals surface area contributed by atoms with E-state index in [2.05, 4.69) is 22.3 Å². The molecule has 7 heteroatoms. The van der Waals surface area contributed by atoms with Crippen molar-refractivity contribution in [2.45, 2.75) is 31.6 Å². The number of alkyl halides is 3. The molecule has 0 radical (unpaired) electrons. The van der Waals surface area contributed by atoms with Crippen molar-refractivity contribution in [3.8, 4) is 5.75 Å². The Bertz CT molecular complexity index is 1130. The molecule has 1 aliphatic rings. The zero-order valence-corrected chi connectivity index (χ0v) is 19.6. The van der Waals surface area contributed by atoms with Crippen LogP contribution in [0.15, 0.2) is 78.9 Å². The van der Waals surface area contributed by atoms with Gasteiger partial charge in [-0.1, -0.05) is 54.6 Å². The Morgan fingerprint density at radius 1 is 0.971 bits per heavy atom. The van der Waals surface area contributed by atoms with Gasteiger partial charge in [0.15, 0.2) is 0 Å². The molecule has 0 aromatic heterocycles. The molecule has 0 spiro atoms. The fourth-order valence-corrected chi connectivity index (χ4v) is 4.70. The largest absolute Gasteiger partial charge is 0.497 e. The Labute approximate surface area is 203 Å². The number of rotatable bonds is 7. The van der Waals surface area contributed by atoms with Crippen LogP contribution in [0.25, 0.3) is 0 Å². The third-order valence-corrected chi connectivity index (χ3v) is 6.43. The van der Waals surface area contributed by atoms with Gasteiger partial charge in [0.2, 0.25) is 5.91 Å². The maximum Gasteiger partial charge on any atom is 0.416 e. The van der Waals surface area contributed by atoms with Crippen molar-refractivity contribution < 1.29 is 22.7 Å². The molecule has 1 fully saturated rings. The van der Waals surface area contributed by atoms with E-state index < -0.39 is 11.7 Å². The molecule has 2 atom stereocenters. The number of nitrogens with zero attached hydrogens (tertiary/aromatic N) is 1. The van der Waals surface area contributed by atoms with E-state index in [1.807, 2.05) is 42.5 Å². The van der Waals surface area contributed by atoms with Crippen LogP contribution in [0.3, 0.4) is 0 Å². The van der Waals surface area contributed by atoms with Crippen molar-refractivity contribution in [2.75, 3.05) is 20.2 Å². The SMILES string of the molecule is COc1cccc(CN2CC(C(=O)NCc3cccc(C(F)(F)F)c3)CC(c3ccccc3)C2)c1. The molecule has 4 nitrogen and oxygen atoms in total. The standard InChI is InChI=1S/C28H29F3N2O2/c1-35-26-12-6-8-21(14-26)17-33-18-23(22-9-3-2-4-10-22)15-24(19-33)27(34)32-16-20-7-5-11-25(13-20)28(29,30)31/h2-14,23-24H,15-19H2,1H3,(H,32,34). The highest BCUT2D eigenvalue weighted by atomic mass is 19.4. The molecule has 3 aromatic carbocycles. The summed E-state index contributed by atoms with van der Waals surface area (Å²) in [5.74, 6) is 0.554. The number of carbonyl (C=O) groups is 1. The first-order chi connectivity index (χ1) is 16.8. The van der Waals surface area contributed by atoms with Gasteiger partial charge in [0.25, 0.3) is 0 Å². The molecule has 0 saturated carbocycles. The molecule has 2 unspecified atom stereocenters. The molecule has 35 heavy (non-hydrogen) atoms. The van der Waals surface area contributed by atoms with Crippen LogP contribution < -0.4 is 10.1 Å². The zero-order valence-electron chi connectivity index (χ0n) is 19.6. The monoisotopic (exact) mass is 482 g/mol. The number of methoxy groups -OCH3 is 1. The number of benzene rings is 3. The van der Waals surface area contributed by atoms with E-state index in [0.717, 1.165) is 30.0 Å². The maximum atomic E-state index is 13.1. The second-order valence-electron chi connectivity index (χ2n) is 9.00. The molecule has 1 amide bonds. The van der Waals surface area contributed by atoms with E-state index in [9.17, 15) is 18.0 Å². The van der Waals surface area contributed by atoms with Gasteiger partial charge in [-0.2, -0.15) is 13.2 Å². The number of hydrogen-bond acceptors (Lipinski definition) is 3. The van der Waals surface area contributed by atoms with Crippen LogP contribution in [0.5, 0.6) is 5.75 Å². The second-order valence-corrected chi connectivity index (χ2v) is 9.00. The highest BCUT2D eigenvalue weighted by molar-refractivity contribution is 5.79. The molecule has 1 N–H and O–H groups in total. The molecule has 0 bridgehead atoms. The lowest BCUT2D eigenvalue weighted by molar-refractivity contribution is -0.137. The van der Waals surface area contributed by atoms with Crippen molar-refractivity contribution in [2.24, 2.45) is 5.92 Å². The second kappa shape index (κ2) is 11.0. The minimum Gasteiger partial charge on any atom is -0.497 e. The van der Waals surface area contributed by atoms with Crippen LogP contribution in [-0.2, 0) is 24.1 Å². The number of hydrogen-bond donors (Lipinski definition) is 1. The molecule has 3 aromatic rings. The quantitative estimate of drug-likeness (QED) is 0.474. The van der Waals surface area contributed by atoms with E-state index in [0.29, 0.717) is 25.1 Å². The fraction of sp³-hybridized carbons (Fsp3) is 0.321. The first-order valence-corrected chi connectivity index (χ1v) is 11.7. The average Bonchev–Trinajstić information content (AvgIpc) is 2.87. The lowest BCUT2D eigenvalue weighted by Crippen LogP contribution is -2.45. The van der Waals surface area contributed by atoms with Crippen molar-refractivity contribution in [3.05, 3.63) is 101 Å². The van der Waals surface area contributed by atoms with E-state index >= 15 is 0 Å². The van der Waals surface area contributed by atoms with Gasteiger partial charge in [-0.25, -0.2) is 0 Å². The van der Waals surface area contributed by atoms with Gasteiger partial charge in [0, 0.05) is 26.2 Å². The molecule has 1 saturated heterocycles. The van der Waals surface area contributed by atoms with Crippen LogP contribution in [-0.4, -0.2) is 31.0 Å². The summed E-state index contributed by atoms with van der Waals surface area (Å²) in [6, 6.07) is 23.1. The van der Waals surface area contributed by atoms with Gasteiger partial charge in [-0.15, -0.1) is 0 Å². The van der Waals surface area contributed by atoms with Crippen molar-refractivity contribution in [3.63, 3.8) is 0 Å². The van der Waals surface area contributed by atoms with Crippen LogP contribution >= 0.6 is 0 Å². The number of carbonyl (C=O) groups excluding carboxylic acids is 1. The van der Waals surface area contributed by atoms with Crippen molar-refractivity contribution in [1.29, 1.82) is 0 Å². The molecular weight excluding hydrogens is 453 g/mol. The fourth-order valence-electron chi connectivity index (χ4n) is 4.70. The summed E-state index contributed by atoms with van der Waals surface area (Å²) >= 11 is 0. The van der Waals surface area contributed by atoms with Crippen molar-refractivity contribution >= 4 is 5.91 Å². The number of ether oxygens (including phenoxy) is 1. The third-order valence-electron chi connectivity index (χ3n) is 6.43. The Morgan fingerprint density at radius 3 is 2.46 bits per heavy atom. The normalized spacial score (nSPS) is 18.7. The van der Waals surface area contributed by atoms with Crippen LogP contribution in [0.1, 0.15) is 34.6 Å². The minimum atomic E-state index is -4.41. The van der Waals surface area contributed by atoms with Gasteiger partial charge in [-0.3, -0.25) is 9.69 Å². The van der Waals surface area contributed by atoms with Gasteiger partial charge in [-0.05, 0) is 53.3 Å². The Hall–Kier alpha value is -3.32. The Balaban J connectivity index is 1.47. The molecule has 4 rings (SSSR count). The summed E-state index contributed by atoms with van der Waals surface area (Å²) in [4.78, 5) is 15.4. The lowest BCUT2D eigenvalue weighted by Gasteiger charge is -2.37. The average molecular weight is 483 g/mol. The highest BCUT2D eigenvalue weighted by Crippen LogP contribution is 2.32. The first kappa shape index (κ1) is 24.8. The molecule has 1 aliphatic heterocycles. The zero-order chi connectivity index (χ0) is 24.8. The summed E-state index contributed by atoms with van der Waals surface area (Å²) in [7, 11) is 1.64. The molecular formula is C28H29F3N2O2. The summed E-state index contributed by atoms with van der Waals surface area (Å²) in [5, 5.41) is 2.87. The van der Waals surface area contributed by atoms with Gasteiger partial charge < -0.3 is 10.1 Å². The first-order valence-electron chi connectivity index (χ1n) is 11.7. The summed E-state index contributed by atoms with van der Waals surface area (Å²) in [6.07, 6.45) is -3.72. The van der Waals surface area contributed by atoms with Gasteiger partial charge in [0.05, 0.1) is 18.6 Å². The summed E-state index contributed by atoms with van der Waals surface area (Å²) in [6.45, 7) is 2.14. The molecule has 184 valence electrons. The topological polar surface area (TPSA) is 41.6 Å². The molecule has 1 heterocycles. The highest BCUT2D eigenvalue weighted by Gasteiger charge is 2.33. The van der Waals surface area contributed by atoms with Crippen LogP contribution in [0.4, 0.5) is 13.2 Å². The summed E-state index contributed by atoms with van der Waals surface area (Å²) in [5.41, 5.74) is 1.99. The smallest absolute Gasteiger partial charge is 0.416 e. The third kappa shape index (κ3) is 6.63. The van der Waals surface area contributed by atoms with Gasteiger partial charge >= 0.3 is 6.18 Å². The number of likely N-dealkylation sites (tertiary alicyclic amines) is 1. The maximum absolute atomic E-state index is 13.1. The number of nitrogens with one attached hydrogen (secondary N) is 1. The van der Waals surface area contributed by atoms with Gasteiger partial charge in [0.1, 0.15) is 5.75 Å². The van der Waals surface area contributed by atoms with E-state index in [1.54, 1.807) is 13.2 Å². The number of amides is 1. The summed E-state index contributed by atoms with van der Waals surface area (Å²) < 4.78 is 44.4. The molecule has 0 aliphatic carbocycles. The Morgan fingerprint density at radius 2 is 1.71 bits per heavy atom. The predicted molar refractivity (Wildman–Crippen MR) is 129 cm³/mol. The van der Waals surface area contributed by atoms with E-state index in [4.69, 9.17) is 4.74 Å². The number of halogens is 3. The van der Waals surface area contributed by atoms with E-state index in [-0.39, 0.29) is 24.3 Å². The minimum absolute atomic E-state index is 0.0607. The van der Waals surface area contributed by atoms with Crippen LogP contribution in [0, 0.1) is 5.92 Å². The number of piperidine rings is 1. The lowest BCUT2D eigenvalue weighted by atomic mass is 9.84. The van der Waals surface area contributed by atoms with Crippen molar-refractivity contribution in [1.82, 2.24) is 10.2 Å². The van der Waals surface area contributed by atoms with Crippen LogP contribution in [0.2, 0.25) is 0 Å². The van der Waals surface area contributed by atoms with E-state index in [1.165, 1.54) is 11.6 Å².